The zero-order chi connectivity index (χ0) is 18.4. The number of hydrogen-bond donors (Lipinski definition) is 1. The fourth-order valence-electron chi connectivity index (χ4n) is 1.66. The molecule has 1 rings (SSSR count). The topological polar surface area (TPSA) is 26.0 Å². The van der Waals surface area contributed by atoms with Crippen LogP contribution in [0.15, 0.2) is 17.0 Å². The Morgan fingerprint density at radius 2 is 1.26 bits per heavy atom. The zero-order valence-electron chi connectivity index (χ0n) is 10.9. The summed E-state index contributed by atoms with van der Waals surface area (Å²) in [6, 6.07) is -0.0712. The minimum atomic E-state index is -6.42. The van der Waals surface area contributed by atoms with Gasteiger partial charge in [-0.1, -0.05) is 6.07 Å². The summed E-state index contributed by atoms with van der Waals surface area (Å²) in [5.74, 6) is 0. The van der Waals surface area contributed by atoms with Crippen LogP contribution in [0.3, 0.4) is 0 Å². The molecule has 23 heavy (non-hydrogen) atoms. The Balaban J connectivity index is 3.64. The highest BCUT2D eigenvalue weighted by molar-refractivity contribution is 8.00. The van der Waals surface area contributed by atoms with Crippen LogP contribution in [-0.2, 0) is 5.67 Å². The summed E-state index contributed by atoms with van der Waals surface area (Å²) in [6.45, 7) is 0.867. The van der Waals surface area contributed by atoms with Gasteiger partial charge >= 0.3 is 23.5 Å². The summed E-state index contributed by atoms with van der Waals surface area (Å²) in [6.07, 6.45) is -12.8. The average Bonchev–Trinajstić information content (AvgIpc) is 2.29. The van der Waals surface area contributed by atoms with E-state index in [0.29, 0.717) is 0 Å². The Kier molecular flexibility index (Phi) is 4.83. The third kappa shape index (κ3) is 3.78. The molecule has 0 spiro atoms. The molecule has 1 aromatic carbocycles. The molecule has 0 atom stereocenters. The van der Waals surface area contributed by atoms with Crippen molar-refractivity contribution >= 4 is 17.4 Å². The van der Waals surface area contributed by atoms with E-state index >= 15 is 0 Å². The van der Waals surface area contributed by atoms with Crippen molar-refractivity contribution in [2.24, 2.45) is 0 Å². The lowest BCUT2D eigenvalue weighted by molar-refractivity contribution is -0.348. The van der Waals surface area contributed by atoms with Crippen LogP contribution >= 0.6 is 11.8 Å². The van der Waals surface area contributed by atoms with Crippen molar-refractivity contribution in [1.29, 1.82) is 0 Å². The Morgan fingerprint density at radius 1 is 0.826 bits per heavy atom. The van der Waals surface area contributed by atoms with Gasteiger partial charge < -0.3 is 5.73 Å². The lowest BCUT2D eigenvalue weighted by Gasteiger charge is -2.31. The van der Waals surface area contributed by atoms with Gasteiger partial charge in [0.1, 0.15) is 0 Å². The van der Waals surface area contributed by atoms with Crippen LogP contribution < -0.4 is 5.73 Å². The van der Waals surface area contributed by atoms with Gasteiger partial charge in [-0.05, 0) is 30.3 Å². The second kappa shape index (κ2) is 5.64. The van der Waals surface area contributed by atoms with E-state index in [2.05, 4.69) is 0 Å². The third-order valence-electron chi connectivity index (χ3n) is 2.75. The zero-order valence-corrected chi connectivity index (χ0v) is 11.7. The van der Waals surface area contributed by atoms with Gasteiger partial charge in [0.15, 0.2) is 0 Å². The van der Waals surface area contributed by atoms with Gasteiger partial charge in [0.25, 0.3) is 0 Å². The Morgan fingerprint density at radius 3 is 1.61 bits per heavy atom. The van der Waals surface area contributed by atoms with Crippen LogP contribution in [0, 0.1) is 6.92 Å². The molecule has 0 unspecified atom stereocenters. The summed E-state index contributed by atoms with van der Waals surface area (Å²) in [4.78, 5) is -1.15. The number of alkyl halides is 10. The third-order valence-corrected chi connectivity index (χ3v) is 3.54. The maximum Gasteiger partial charge on any atom is 0.446 e. The first-order valence-electron chi connectivity index (χ1n) is 5.49. The lowest BCUT2D eigenvalue weighted by atomic mass is 9.92. The molecule has 0 aliphatic heterocycles. The Labute approximate surface area is 126 Å². The number of halogens is 10. The Bertz CT molecular complexity index is 572. The molecule has 0 bridgehead atoms. The first-order chi connectivity index (χ1) is 10.0. The molecule has 0 saturated heterocycles. The monoisotopic (exact) mass is 375 g/mol. The van der Waals surface area contributed by atoms with E-state index in [0.717, 1.165) is 6.92 Å². The molecule has 0 aliphatic carbocycles. The minimum Gasteiger partial charge on any atom is -0.398 e. The first kappa shape index (κ1) is 19.7. The molecular formula is C11H7F10NS. The van der Waals surface area contributed by atoms with Gasteiger partial charge in [-0.3, -0.25) is 0 Å². The molecule has 0 amide bonds. The van der Waals surface area contributed by atoms with Crippen LogP contribution in [0.2, 0.25) is 0 Å². The van der Waals surface area contributed by atoms with Gasteiger partial charge in [-0.2, -0.15) is 39.5 Å². The van der Waals surface area contributed by atoms with Crippen LogP contribution in [0.25, 0.3) is 0 Å². The van der Waals surface area contributed by atoms with Gasteiger partial charge in [0, 0.05) is 16.1 Å². The predicted octanol–water partition coefficient (Wildman–Crippen LogP) is 5.48. The van der Waals surface area contributed by atoms with Crippen molar-refractivity contribution < 1.29 is 43.9 Å². The van der Waals surface area contributed by atoms with E-state index in [1.807, 2.05) is 0 Å². The van der Waals surface area contributed by atoms with E-state index in [9.17, 15) is 43.9 Å². The molecule has 0 fully saturated rings. The van der Waals surface area contributed by atoms with E-state index in [-0.39, 0.29) is 12.1 Å². The highest BCUT2D eigenvalue weighted by Gasteiger charge is 2.73. The number of nitrogens with two attached hydrogens (primary N) is 1. The van der Waals surface area contributed by atoms with Crippen LogP contribution in [0.4, 0.5) is 49.6 Å². The van der Waals surface area contributed by atoms with Crippen molar-refractivity contribution in [2.75, 3.05) is 5.73 Å². The summed E-state index contributed by atoms with van der Waals surface area (Å²) in [5.41, 5.74) is -8.90. The minimum absolute atomic E-state index is 0.122. The number of nitrogen functional groups attached to an aromatic ring is 1. The largest absolute Gasteiger partial charge is 0.446 e. The quantitative estimate of drug-likeness (QED) is 0.421. The average molecular weight is 375 g/mol. The van der Waals surface area contributed by atoms with Crippen molar-refractivity contribution in [3.8, 4) is 0 Å². The van der Waals surface area contributed by atoms with Gasteiger partial charge in [-0.15, -0.1) is 0 Å². The molecule has 132 valence electrons. The van der Waals surface area contributed by atoms with Crippen molar-refractivity contribution in [1.82, 2.24) is 0 Å². The van der Waals surface area contributed by atoms with E-state index in [4.69, 9.17) is 5.73 Å². The van der Waals surface area contributed by atoms with Crippen molar-refractivity contribution in [3.63, 3.8) is 0 Å². The fourth-order valence-corrected chi connectivity index (χ4v) is 2.37. The molecule has 1 nitrogen and oxygen atoms in total. The molecular weight excluding hydrogens is 368 g/mol. The number of hydrogen-bond acceptors (Lipinski definition) is 2. The molecule has 2 N–H and O–H groups in total. The molecule has 0 radical (unpaired) electrons. The highest BCUT2D eigenvalue weighted by atomic mass is 32.2. The van der Waals surface area contributed by atoms with E-state index < -0.39 is 57.0 Å². The first-order valence-corrected chi connectivity index (χ1v) is 6.31. The van der Waals surface area contributed by atoms with Crippen LogP contribution in [-0.4, -0.2) is 17.9 Å². The van der Waals surface area contributed by atoms with E-state index in [1.165, 1.54) is 0 Å². The standard InChI is InChI=1S/C11H7F10NS/c1-4-2-5(3-6(7(4)22)23-11(19,20)21)8(12,9(13,14)15)10(16,17)18/h2-3H,22H2,1H3. The summed E-state index contributed by atoms with van der Waals surface area (Å²) < 4.78 is 127. The number of rotatable bonds is 2. The number of thioether (sulfide) groups is 1. The summed E-state index contributed by atoms with van der Waals surface area (Å²) in [7, 11) is 0. The van der Waals surface area contributed by atoms with E-state index in [1.54, 1.807) is 0 Å². The molecule has 0 aliphatic rings. The highest BCUT2D eigenvalue weighted by Crippen LogP contribution is 2.54. The number of aryl methyl sites for hydroxylation is 1. The van der Waals surface area contributed by atoms with Gasteiger partial charge in [-0.25, -0.2) is 4.39 Å². The van der Waals surface area contributed by atoms with Gasteiger partial charge in [0.2, 0.25) is 0 Å². The van der Waals surface area contributed by atoms with Crippen molar-refractivity contribution in [2.45, 2.75) is 35.3 Å². The lowest BCUT2D eigenvalue weighted by Crippen LogP contribution is -2.50. The molecule has 1 aromatic rings. The second-order valence-electron chi connectivity index (χ2n) is 4.41. The smallest absolute Gasteiger partial charge is 0.398 e. The SMILES string of the molecule is Cc1cc(C(F)(C(F)(F)F)C(F)(F)F)cc(SC(F)(F)F)c1N. The summed E-state index contributed by atoms with van der Waals surface area (Å²) >= 11 is -1.03. The summed E-state index contributed by atoms with van der Waals surface area (Å²) in [5, 5.41) is 0. The molecule has 0 heterocycles. The molecule has 0 saturated carbocycles. The van der Waals surface area contributed by atoms with Crippen LogP contribution in [0.5, 0.6) is 0 Å². The Hall–Kier alpha value is -1.33. The maximum absolute atomic E-state index is 13.9. The number of anilines is 1. The van der Waals surface area contributed by atoms with Crippen LogP contribution in [0.1, 0.15) is 11.1 Å². The van der Waals surface area contributed by atoms with Gasteiger partial charge in [0.05, 0.1) is 0 Å². The fraction of sp³-hybridized carbons (Fsp3) is 0.455. The van der Waals surface area contributed by atoms with Crippen molar-refractivity contribution in [3.05, 3.63) is 23.3 Å². The molecule has 0 aromatic heterocycles. The number of benzene rings is 1. The second-order valence-corrected chi connectivity index (χ2v) is 5.51. The molecule has 12 heteroatoms. The predicted molar refractivity (Wildman–Crippen MR) is 62.4 cm³/mol. The normalized spacial score (nSPS) is 14.2. The maximum atomic E-state index is 13.9.